The van der Waals surface area contributed by atoms with E-state index in [1.165, 1.54) is 12.3 Å². The lowest BCUT2D eigenvalue weighted by atomic mass is 10.1. The molecule has 0 saturated carbocycles. The first kappa shape index (κ1) is 25.3. The number of anilines is 1. The van der Waals surface area contributed by atoms with Crippen LogP contribution in [0.1, 0.15) is 47.8 Å². The highest BCUT2D eigenvalue weighted by molar-refractivity contribution is 5.73. The number of ether oxygens (including phenoxy) is 4. The molecular weight excluding hydrogens is 422 g/mol. The zero-order valence-electron chi connectivity index (χ0n) is 19.1. The molecule has 2 N–H and O–H groups in total. The maximum atomic E-state index is 12.4. The smallest absolute Gasteiger partial charge is 0.351 e. The zero-order chi connectivity index (χ0) is 24.2. The fourth-order valence-electron chi connectivity index (χ4n) is 2.82. The van der Waals surface area contributed by atoms with Crippen LogP contribution in [0.5, 0.6) is 0 Å². The van der Waals surface area contributed by atoms with Gasteiger partial charge in [0, 0.05) is 6.20 Å². The van der Waals surface area contributed by atoms with Crippen molar-refractivity contribution in [3.05, 3.63) is 22.7 Å². The van der Waals surface area contributed by atoms with Gasteiger partial charge >= 0.3 is 23.6 Å². The van der Waals surface area contributed by atoms with Crippen LogP contribution in [-0.2, 0) is 33.3 Å². The maximum Gasteiger partial charge on any atom is 0.351 e. The Morgan fingerprint density at radius 3 is 2.03 bits per heavy atom. The lowest BCUT2D eigenvalue weighted by Crippen LogP contribution is -2.43. The van der Waals surface area contributed by atoms with Gasteiger partial charge in [0.25, 0.3) is 0 Å². The first-order valence-corrected chi connectivity index (χ1v) is 10.5. The fourth-order valence-corrected chi connectivity index (χ4v) is 2.82. The van der Waals surface area contributed by atoms with Gasteiger partial charge < -0.3 is 24.7 Å². The van der Waals surface area contributed by atoms with Gasteiger partial charge in [-0.1, -0.05) is 41.5 Å². The molecule has 1 saturated heterocycles. The molecule has 178 valence electrons. The van der Waals surface area contributed by atoms with Crippen LogP contribution in [0.25, 0.3) is 0 Å². The maximum absolute atomic E-state index is 12.4. The van der Waals surface area contributed by atoms with E-state index >= 15 is 0 Å². The van der Waals surface area contributed by atoms with Gasteiger partial charge in [-0.15, -0.1) is 0 Å². The Bertz CT molecular complexity index is 895. The van der Waals surface area contributed by atoms with Gasteiger partial charge in [0.05, 0.1) is 17.8 Å². The molecule has 2 heterocycles. The van der Waals surface area contributed by atoms with Gasteiger partial charge in [0.1, 0.15) is 18.5 Å². The molecule has 0 unspecified atom stereocenters. The first-order valence-electron chi connectivity index (χ1n) is 10.5. The Balaban J connectivity index is 2.45. The second-order valence-corrected chi connectivity index (χ2v) is 8.50. The van der Waals surface area contributed by atoms with Crippen molar-refractivity contribution in [1.82, 2.24) is 9.55 Å². The number of rotatable bonds is 8. The summed E-state index contributed by atoms with van der Waals surface area (Å²) in [7, 11) is 0. The topological polar surface area (TPSA) is 149 Å². The molecule has 0 spiro atoms. The van der Waals surface area contributed by atoms with Crippen molar-refractivity contribution in [2.24, 2.45) is 17.8 Å². The van der Waals surface area contributed by atoms with Gasteiger partial charge in [-0.05, 0) is 6.07 Å². The normalized spacial score (nSPS) is 22.9. The molecule has 11 heteroatoms. The lowest BCUT2D eigenvalue weighted by Gasteiger charge is -2.26. The van der Waals surface area contributed by atoms with E-state index < -0.39 is 60.0 Å². The van der Waals surface area contributed by atoms with E-state index in [2.05, 4.69) is 4.98 Å². The third-order valence-corrected chi connectivity index (χ3v) is 4.72. The molecule has 2 rings (SSSR count). The highest BCUT2D eigenvalue weighted by atomic mass is 16.7. The van der Waals surface area contributed by atoms with Crippen LogP contribution in [0.15, 0.2) is 17.1 Å². The van der Waals surface area contributed by atoms with Crippen LogP contribution >= 0.6 is 0 Å². The summed E-state index contributed by atoms with van der Waals surface area (Å²) in [5, 5.41) is 0. The average molecular weight is 453 g/mol. The van der Waals surface area contributed by atoms with Crippen molar-refractivity contribution < 1.29 is 33.3 Å². The molecule has 4 atom stereocenters. The van der Waals surface area contributed by atoms with Crippen LogP contribution < -0.4 is 11.4 Å². The Kier molecular flexibility index (Phi) is 8.37. The average Bonchev–Trinajstić information content (AvgIpc) is 3.02. The molecule has 1 aromatic rings. The second kappa shape index (κ2) is 10.6. The largest absolute Gasteiger partial charge is 0.463 e. The molecule has 1 aliphatic heterocycles. The van der Waals surface area contributed by atoms with E-state index in [1.807, 2.05) is 0 Å². The van der Waals surface area contributed by atoms with Crippen molar-refractivity contribution >= 4 is 23.7 Å². The molecule has 0 amide bonds. The van der Waals surface area contributed by atoms with Crippen molar-refractivity contribution in [3.8, 4) is 0 Å². The predicted octanol–water partition coefficient (Wildman–Crippen LogP) is 1.06. The van der Waals surface area contributed by atoms with Gasteiger partial charge in [-0.25, -0.2) is 4.79 Å². The standard InChI is InChI=1S/C21H31N3O8/c1-10(2)18(25)29-9-13-15(31-19(26)11(3)4)16(32-20(27)12(5)6)17(30-13)24-8-7-14(22)23-21(24)28/h7-8,10-13,15-17H,9H2,1-6H3,(H2,22,23,28)/t13-,15-,16-,17-/m1/s1. The minimum atomic E-state index is -1.18. The van der Waals surface area contributed by atoms with E-state index in [1.54, 1.807) is 41.5 Å². The Morgan fingerprint density at radius 1 is 1.00 bits per heavy atom. The Labute approximate surface area is 186 Å². The van der Waals surface area contributed by atoms with E-state index in [4.69, 9.17) is 24.7 Å². The van der Waals surface area contributed by atoms with Crippen molar-refractivity contribution in [2.75, 3.05) is 12.3 Å². The predicted molar refractivity (Wildman–Crippen MR) is 112 cm³/mol. The Hall–Kier alpha value is -2.95. The number of aromatic nitrogens is 2. The molecule has 32 heavy (non-hydrogen) atoms. The molecule has 0 aliphatic carbocycles. The lowest BCUT2D eigenvalue weighted by molar-refractivity contribution is -0.173. The van der Waals surface area contributed by atoms with Crippen LogP contribution in [0.2, 0.25) is 0 Å². The quantitative estimate of drug-likeness (QED) is 0.447. The molecule has 0 radical (unpaired) electrons. The summed E-state index contributed by atoms with van der Waals surface area (Å²) in [6.45, 7) is 9.64. The molecule has 1 fully saturated rings. The minimum Gasteiger partial charge on any atom is -0.463 e. The van der Waals surface area contributed by atoms with E-state index in [0.717, 1.165) is 4.57 Å². The molecule has 1 aromatic heterocycles. The Morgan fingerprint density at radius 2 is 1.53 bits per heavy atom. The van der Waals surface area contributed by atoms with Crippen molar-refractivity contribution in [1.29, 1.82) is 0 Å². The molecule has 11 nitrogen and oxygen atoms in total. The van der Waals surface area contributed by atoms with Gasteiger partial charge in [-0.2, -0.15) is 4.98 Å². The minimum absolute atomic E-state index is 0.00479. The SMILES string of the molecule is CC(C)C(=O)OC[C@H]1O[C@@H](n2ccc(N)nc2=O)[C@H](OC(=O)C(C)C)[C@@H]1OC(=O)C(C)C. The van der Waals surface area contributed by atoms with Gasteiger partial charge in [-0.3, -0.25) is 19.0 Å². The second-order valence-electron chi connectivity index (χ2n) is 8.50. The van der Waals surface area contributed by atoms with Crippen molar-refractivity contribution in [3.63, 3.8) is 0 Å². The third-order valence-electron chi connectivity index (χ3n) is 4.72. The summed E-state index contributed by atoms with van der Waals surface area (Å²) in [6.07, 6.45) is -3.12. The van der Waals surface area contributed by atoms with Crippen LogP contribution in [0.3, 0.4) is 0 Å². The summed E-state index contributed by atoms with van der Waals surface area (Å²) in [6, 6.07) is 1.38. The number of nitrogens with zero attached hydrogens (tertiary/aromatic N) is 2. The highest BCUT2D eigenvalue weighted by Gasteiger charge is 2.51. The third kappa shape index (κ3) is 6.06. The van der Waals surface area contributed by atoms with E-state index in [0.29, 0.717) is 0 Å². The number of carbonyl (C=O) groups excluding carboxylic acids is 3. The number of nitrogens with two attached hydrogens (primary N) is 1. The zero-order valence-corrected chi connectivity index (χ0v) is 19.1. The number of hydrogen-bond donors (Lipinski definition) is 1. The first-order chi connectivity index (χ1) is 14.9. The number of hydrogen-bond acceptors (Lipinski definition) is 10. The summed E-state index contributed by atoms with van der Waals surface area (Å²) < 4.78 is 23.5. The van der Waals surface area contributed by atoms with Crippen LogP contribution in [-0.4, -0.2) is 52.4 Å². The van der Waals surface area contributed by atoms with Gasteiger partial charge in [0.15, 0.2) is 18.4 Å². The van der Waals surface area contributed by atoms with Crippen LogP contribution in [0, 0.1) is 17.8 Å². The summed E-state index contributed by atoms with van der Waals surface area (Å²) >= 11 is 0. The number of nitrogen functional groups attached to an aromatic ring is 1. The van der Waals surface area contributed by atoms with Crippen molar-refractivity contribution in [2.45, 2.75) is 66.1 Å². The molecule has 0 bridgehead atoms. The fraction of sp³-hybridized carbons (Fsp3) is 0.667. The van der Waals surface area contributed by atoms with Crippen LogP contribution in [0.4, 0.5) is 5.82 Å². The molecule has 1 aliphatic rings. The number of carbonyl (C=O) groups is 3. The molecule has 0 aromatic carbocycles. The highest BCUT2D eigenvalue weighted by Crippen LogP contribution is 2.34. The van der Waals surface area contributed by atoms with E-state index in [9.17, 15) is 19.2 Å². The summed E-state index contributed by atoms with van der Waals surface area (Å²) in [4.78, 5) is 52.9. The van der Waals surface area contributed by atoms with Gasteiger partial charge in [0.2, 0.25) is 0 Å². The number of esters is 3. The van der Waals surface area contributed by atoms with E-state index in [-0.39, 0.29) is 18.3 Å². The summed E-state index contributed by atoms with van der Waals surface area (Å²) in [5.41, 5.74) is 4.83. The summed E-state index contributed by atoms with van der Waals surface area (Å²) in [5.74, 6) is -2.97. The molecular formula is C21H31N3O8. The monoisotopic (exact) mass is 453 g/mol.